The fourth-order valence-electron chi connectivity index (χ4n) is 2.10. The van der Waals surface area contributed by atoms with Crippen LogP contribution in [0.2, 0.25) is 5.02 Å². The fraction of sp³-hybridized carbons (Fsp3) is 0.235. The number of carbonyl (C=O) groups excluding carboxylic acids is 1. The minimum Gasteiger partial charge on any atom is -0.455 e. The molecule has 0 fully saturated rings. The number of hydrogen-bond donors (Lipinski definition) is 1. The Morgan fingerprint density at radius 2 is 1.77 bits per heavy atom. The lowest BCUT2D eigenvalue weighted by Crippen LogP contribution is -2.30. The Morgan fingerprint density at radius 3 is 2.32 bits per heavy atom. The summed E-state index contributed by atoms with van der Waals surface area (Å²) in [5.41, 5.74) is 6.96. The lowest BCUT2D eigenvalue weighted by molar-refractivity contribution is 0.0773. The molecule has 5 heteroatoms. The number of ether oxygens (including phenoxy) is 1. The number of nitrogens with two attached hydrogens (primary N) is 1. The van der Waals surface area contributed by atoms with Gasteiger partial charge in [-0.3, -0.25) is 4.79 Å². The van der Waals surface area contributed by atoms with Crippen molar-refractivity contribution < 1.29 is 9.53 Å². The average Bonchev–Trinajstić information content (AvgIpc) is 2.52. The molecule has 116 valence electrons. The lowest BCUT2D eigenvalue weighted by atomic mass is 10.2. The third-order valence-corrected chi connectivity index (χ3v) is 3.59. The van der Waals surface area contributed by atoms with Crippen LogP contribution in [0, 0.1) is 0 Å². The van der Waals surface area contributed by atoms with Gasteiger partial charge in [0.05, 0.1) is 5.69 Å². The van der Waals surface area contributed by atoms with Crippen molar-refractivity contribution in [3.8, 4) is 11.5 Å². The highest BCUT2D eigenvalue weighted by molar-refractivity contribution is 6.30. The molecule has 0 aliphatic carbocycles. The quantitative estimate of drug-likeness (QED) is 0.841. The summed E-state index contributed by atoms with van der Waals surface area (Å²) >= 11 is 5.85. The van der Waals surface area contributed by atoms with E-state index in [2.05, 4.69) is 0 Å². The van der Waals surface area contributed by atoms with Crippen molar-refractivity contribution >= 4 is 23.2 Å². The molecule has 0 aromatic heterocycles. The number of benzene rings is 2. The Bertz CT molecular complexity index is 652. The molecule has 4 nitrogen and oxygen atoms in total. The molecule has 1 amide bonds. The van der Waals surface area contributed by atoms with Crippen LogP contribution in [0.3, 0.4) is 0 Å². The summed E-state index contributed by atoms with van der Waals surface area (Å²) in [6.45, 7) is 5.30. The van der Waals surface area contributed by atoms with E-state index in [9.17, 15) is 4.79 Å². The van der Waals surface area contributed by atoms with Crippen LogP contribution in [0.4, 0.5) is 5.69 Å². The molecule has 0 saturated carbocycles. The number of anilines is 1. The summed E-state index contributed by atoms with van der Waals surface area (Å²) in [5, 5.41) is 0.560. The van der Waals surface area contributed by atoms with E-state index in [1.54, 1.807) is 47.4 Å². The first-order chi connectivity index (χ1) is 10.5. The van der Waals surface area contributed by atoms with E-state index in [4.69, 9.17) is 22.1 Å². The molecule has 2 N–H and O–H groups in total. The topological polar surface area (TPSA) is 55.6 Å². The molecule has 22 heavy (non-hydrogen) atoms. The molecule has 0 atom stereocenters. The molecular weight excluding hydrogens is 300 g/mol. The molecular formula is C17H19ClN2O2. The summed E-state index contributed by atoms with van der Waals surface area (Å²) in [6.07, 6.45) is 0. The van der Waals surface area contributed by atoms with Gasteiger partial charge >= 0.3 is 0 Å². The smallest absolute Gasteiger partial charge is 0.253 e. The minimum atomic E-state index is 0.0163. The Hall–Kier alpha value is -2.20. The second kappa shape index (κ2) is 7.18. The van der Waals surface area contributed by atoms with Crippen molar-refractivity contribution in [2.75, 3.05) is 18.8 Å². The average molecular weight is 319 g/mol. The van der Waals surface area contributed by atoms with Crippen molar-refractivity contribution in [1.82, 2.24) is 4.90 Å². The van der Waals surface area contributed by atoms with Crippen molar-refractivity contribution in [3.05, 3.63) is 53.1 Å². The van der Waals surface area contributed by atoms with Gasteiger partial charge < -0.3 is 15.4 Å². The number of rotatable bonds is 5. The first-order valence-electron chi connectivity index (χ1n) is 7.17. The Morgan fingerprint density at radius 1 is 1.14 bits per heavy atom. The zero-order valence-electron chi connectivity index (χ0n) is 12.7. The molecule has 0 radical (unpaired) electrons. The van der Waals surface area contributed by atoms with Crippen LogP contribution in [-0.4, -0.2) is 23.9 Å². The van der Waals surface area contributed by atoms with Gasteiger partial charge in [-0.25, -0.2) is 0 Å². The molecule has 0 heterocycles. The number of halogens is 1. The second-order valence-electron chi connectivity index (χ2n) is 4.79. The maximum atomic E-state index is 12.2. The normalized spacial score (nSPS) is 10.3. The predicted molar refractivity (Wildman–Crippen MR) is 89.6 cm³/mol. The maximum Gasteiger partial charge on any atom is 0.253 e. The van der Waals surface area contributed by atoms with Crippen LogP contribution >= 0.6 is 11.6 Å². The zero-order chi connectivity index (χ0) is 16.1. The van der Waals surface area contributed by atoms with E-state index in [0.717, 1.165) is 0 Å². The van der Waals surface area contributed by atoms with E-state index >= 15 is 0 Å². The summed E-state index contributed by atoms with van der Waals surface area (Å²) in [7, 11) is 0. The molecule has 0 aliphatic rings. The first kappa shape index (κ1) is 16.2. The molecule has 2 aromatic rings. The molecule has 0 bridgehead atoms. The number of amides is 1. The van der Waals surface area contributed by atoms with Gasteiger partial charge in [0.1, 0.15) is 11.5 Å². The SMILES string of the molecule is CCN(CC)C(=O)c1ccc(Oc2ccc(Cl)cc2N)cc1. The van der Waals surface area contributed by atoms with E-state index in [1.165, 1.54) is 0 Å². The number of hydrogen-bond acceptors (Lipinski definition) is 3. The van der Waals surface area contributed by atoms with Gasteiger partial charge in [0.15, 0.2) is 0 Å². The summed E-state index contributed by atoms with van der Waals surface area (Å²) in [5.74, 6) is 1.17. The molecule has 0 saturated heterocycles. The predicted octanol–water partition coefficient (Wildman–Crippen LogP) is 4.20. The van der Waals surface area contributed by atoms with Crippen LogP contribution in [0.1, 0.15) is 24.2 Å². The van der Waals surface area contributed by atoms with Crippen LogP contribution in [0.15, 0.2) is 42.5 Å². The first-order valence-corrected chi connectivity index (χ1v) is 7.55. The molecule has 2 rings (SSSR count). The van der Waals surface area contributed by atoms with Gasteiger partial charge in [-0.05, 0) is 56.3 Å². The van der Waals surface area contributed by atoms with Gasteiger partial charge in [0.25, 0.3) is 5.91 Å². The maximum absolute atomic E-state index is 12.2. The van der Waals surface area contributed by atoms with Crippen molar-refractivity contribution in [1.29, 1.82) is 0 Å². The van der Waals surface area contributed by atoms with Crippen LogP contribution in [-0.2, 0) is 0 Å². The third-order valence-electron chi connectivity index (χ3n) is 3.35. The zero-order valence-corrected chi connectivity index (χ0v) is 13.4. The van der Waals surface area contributed by atoms with Gasteiger partial charge in [-0.15, -0.1) is 0 Å². The lowest BCUT2D eigenvalue weighted by Gasteiger charge is -2.18. The molecule has 2 aromatic carbocycles. The molecule has 0 unspecified atom stereocenters. The number of nitrogen functional groups attached to an aromatic ring is 1. The van der Waals surface area contributed by atoms with Gasteiger partial charge in [0, 0.05) is 23.7 Å². The fourth-order valence-corrected chi connectivity index (χ4v) is 2.28. The van der Waals surface area contributed by atoms with E-state index in [-0.39, 0.29) is 5.91 Å². The molecule has 0 spiro atoms. The monoisotopic (exact) mass is 318 g/mol. The molecule has 0 aliphatic heterocycles. The van der Waals surface area contributed by atoms with Crippen molar-refractivity contribution in [2.45, 2.75) is 13.8 Å². The van der Waals surface area contributed by atoms with E-state index in [1.807, 2.05) is 13.8 Å². The summed E-state index contributed by atoms with van der Waals surface area (Å²) in [6, 6.07) is 12.1. The second-order valence-corrected chi connectivity index (χ2v) is 5.22. The third kappa shape index (κ3) is 3.71. The van der Waals surface area contributed by atoms with Crippen molar-refractivity contribution in [2.24, 2.45) is 0 Å². The number of carbonyl (C=O) groups is 1. The van der Waals surface area contributed by atoms with Crippen LogP contribution in [0.25, 0.3) is 0 Å². The van der Waals surface area contributed by atoms with E-state index in [0.29, 0.717) is 40.9 Å². The minimum absolute atomic E-state index is 0.0163. The Kier molecular flexibility index (Phi) is 5.28. The van der Waals surface area contributed by atoms with Crippen LogP contribution < -0.4 is 10.5 Å². The van der Waals surface area contributed by atoms with Gasteiger partial charge in [0.2, 0.25) is 0 Å². The highest BCUT2D eigenvalue weighted by Gasteiger charge is 2.12. The Labute approximate surface area is 135 Å². The summed E-state index contributed by atoms with van der Waals surface area (Å²) in [4.78, 5) is 14.0. The van der Waals surface area contributed by atoms with Crippen molar-refractivity contribution in [3.63, 3.8) is 0 Å². The van der Waals surface area contributed by atoms with Gasteiger partial charge in [-0.1, -0.05) is 11.6 Å². The van der Waals surface area contributed by atoms with E-state index < -0.39 is 0 Å². The highest BCUT2D eigenvalue weighted by atomic mass is 35.5. The standard InChI is InChI=1S/C17H19ClN2O2/c1-3-20(4-2)17(21)12-5-8-14(9-6-12)22-16-10-7-13(18)11-15(16)19/h5-11H,3-4,19H2,1-2H3. The van der Waals surface area contributed by atoms with Gasteiger partial charge in [-0.2, -0.15) is 0 Å². The van der Waals surface area contributed by atoms with Crippen LogP contribution in [0.5, 0.6) is 11.5 Å². The Balaban J connectivity index is 2.13. The largest absolute Gasteiger partial charge is 0.455 e. The summed E-state index contributed by atoms with van der Waals surface area (Å²) < 4.78 is 5.70. The highest BCUT2D eigenvalue weighted by Crippen LogP contribution is 2.29. The number of nitrogens with zero attached hydrogens (tertiary/aromatic N) is 1.